The molecule has 1 heterocycles. The van der Waals surface area contributed by atoms with Gasteiger partial charge in [-0.05, 0) is 31.0 Å². The number of fused-ring (bicyclic) bond motifs is 1. The molecule has 104 valence electrons. The van der Waals surface area contributed by atoms with Crippen LogP contribution in [-0.4, -0.2) is 36.9 Å². The summed E-state index contributed by atoms with van der Waals surface area (Å²) in [4.78, 5) is 13.2. The zero-order chi connectivity index (χ0) is 13.8. The van der Waals surface area contributed by atoms with Gasteiger partial charge in [0.25, 0.3) is 0 Å². The van der Waals surface area contributed by atoms with Gasteiger partial charge < -0.3 is 14.7 Å². The molecular weight excluding hydrogens is 249 g/mol. The van der Waals surface area contributed by atoms with E-state index in [-0.39, 0.29) is 12.2 Å². The normalized spacial score (nSPS) is 15.2. The van der Waals surface area contributed by atoms with Crippen molar-refractivity contribution in [2.75, 3.05) is 24.6 Å². The van der Waals surface area contributed by atoms with Gasteiger partial charge in [-0.1, -0.05) is 6.07 Å². The molecule has 1 aromatic rings. The number of carbonyl (C=O) groups is 1. The topological polar surface area (TPSA) is 49.8 Å². The van der Waals surface area contributed by atoms with Crippen LogP contribution in [0.1, 0.15) is 18.9 Å². The second kappa shape index (κ2) is 6.02. The molecule has 0 aromatic heterocycles. The van der Waals surface area contributed by atoms with E-state index in [4.69, 9.17) is 4.74 Å². The maximum atomic E-state index is 13.2. The highest BCUT2D eigenvalue weighted by atomic mass is 19.1. The van der Waals surface area contributed by atoms with E-state index in [0.29, 0.717) is 13.2 Å². The van der Waals surface area contributed by atoms with Crippen LogP contribution in [0.5, 0.6) is 0 Å². The molecule has 1 aliphatic rings. The van der Waals surface area contributed by atoms with E-state index >= 15 is 0 Å². The first-order valence-electron chi connectivity index (χ1n) is 6.47. The zero-order valence-electron chi connectivity index (χ0n) is 10.9. The summed E-state index contributed by atoms with van der Waals surface area (Å²) >= 11 is 0. The van der Waals surface area contributed by atoms with Crippen LogP contribution >= 0.6 is 0 Å². The van der Waals surface area contributed by atoms with Crippen LogP contribution in [0.15, 0.2) is 18.2 Å². The molecule has 0 aliphatic carbocycles. The molecule has 1 atom stereocenters. The second-order valence-electron chi connectivity index (χ2n) is 4.63. The van der Waals surface area contributed by atoms with Crippen LogP contribution in [0.4, 0.5) is 10.1 Å². The highest BCUT2D eigenvalue weighted by Crippen LogP contribution is 2.28. The molecule has 1 aromatic carbocycles. The fraction of sp³-hybridized carbons (Fsp3) is 0.500. The Hall–Kier alpha value is -1.62. The van der Waals surface area contributed by atoms with Crippen molar-refractivity contribution in [2.45, 2.75) is 25.9 Å². The van der Waals surface area contributed by atoms with E-state index in [1.54, 1.807) is 13.0 Å². The zero-order valence-corrected chi connectivity index (χ0v) is 10.9. The standard InChI is InChI=1S/C14H18FNO3/c1-2-19-14(18)8-12(17)9-16-6-5-10-3-4-11(15)7-13(10)16/h3-4,7,12,17H,2,5-6,8-9H2,1H3. The fourth-order valence-corrected chi connectivity index (χ4v) is 2.34. The van der Waals surface area contributed by atoms with Gasteiger partial charge in [0, 0.05) is 18.8 Å². The molecule has 1 N–H and O–H groups in total. The highest BCUT2D eigenvalue weighted by molar-refractivity contribution is 5.70. The Kier molecular flexibility index (Phi) is 4.37. The first-order valence-corrected chi connectivity index (χ1v) is 6.47. The lowest BCUT2D eigenvalue weighted by Crippen LogP contribution is -2.32. The molecule has 0 saturated heterocycles. The van der Waals surface area contributed by atoms with E-state index in [0.717, 1.165) is 24.2 Å². The van der Waals surface area contributed by atoms with E-state index in [1.807, 2.05) is 4.90 Å². The number of esters is 1. The highest BCUT2D eigenvalue weighted by Gasteiger charge is 2.23. The minimum absolute atomic E-state index is 0.0327. The average Bonchev–Trinajstić information content (AvgIpc) is 2.72. The first-order chi connectivity index (χ1) is 9.10. The summed E-state index contributed by atoms with van der Waals surface area (Å²) in [7, 11) is 0. The summed E-state index contributed by atoms with van der Waals surface area (Å²) < 4.78 is 18.0. The Labute approximate surface area is 111 Å². The Morgan fingerprint density at radius 1 is 1.58 bits per heavy atom. The van der Waals surface area contributed by atoms with Crippen molar-refractivity contribution in [2.24, 2.45) is 0 Å². The number of aliphatic hydroxyl groups is 1. The fourth-order valence-electron chi connectivity index (χ4n) is 2.34. The lowest BCUT2D eigenvalue weighted by Gasteiger charge is -2.22. The maximum Gasteiger partial charge on any atom is 0.308 e. The summed E-state index contributed by atoms with van der Waals surface area (Å²) in [6.45, 7) is 3.08. The largest absolute Gasteiger partial charge is 0.466 e. The van der Waals surface area contributed by atoms with Crippen molar-refractivity contribution in [1.82, 2.24) is 0 Å². The summed E-state index contributed by atoms with van der Waals surface area (Å²) in [5.41, 5.74) is 1.88. The van der Waals surface area contributed by atoms with Gasteiger partial charge in [-0.15, -0.1) is 0 Å². The van der Waals surface area contributed by atoms with Crippen LogP contribution < -0.4 is 4.90 Å². The number of hydrogen-bond acceptors (Lipinski definition) is 4. The van der Waals surface area contributed by atoms with Crippen molar-refractivity contribution in [1.29, 1.82) is 0 Å². The first kappa shape index (κ1) is 13.8. The minimum atomic E-state index is -0.798. The summed E-state index contributed by atoms with van der Waals surface area (Å²) in [6, 6.07) is 4.68. The predicted octanol–water partition coefficient (Wildman–Crippen LogP) is 1.50. The Morgan fingerprint density at radius 3 is 3.11 bits per heavy atom. The minimum Gasteiger partial charge on any atom is -0.466 e. The third-order valence-electron chi connectivity index (χ3n) is 3.18. The lowest BCUT2D eigenvalue weighted by molar-refractivity contribution is -0.145. The Balaban J connectivity index is 1.95. The van der Waals surface area contributed by atoms with Crippen molar-refractivity contribution in [3.63, 3.8) is 0 Å². The predicted molar refractivity (Wildman–Crippen MR) is 69.6 cm³/mol. The second-order valence-corrected chi connectivity index (χ2v) is 4.63. The van der Waals surface area contributed by atoms with Gasteiger partial charge in [-0.2, -0.15) is 0 Å². The van der Waals surface area contributed by atoms with Gasteiger partial charge in [0.05, 0.1) is 19.1 Å². The smallest absolute Gasteiger partial charge is 0.308 e. The number of hydrogen-bond donors (Lipinski definition) is 1. The number of rotatable bonds is 5. The summed E-state index contributed by atoms with van der Waals surface area (Å²) in [6.07, 6.45) is 0.00441. The van der Waals surface area contributed by atoms with Crippen LogP contribution in [0.25, 0.3) is 0 Å². The van der Waals surface area contributed by atoms with Gasteiger partial charge in [-0.3, -0.25) is 4.79 Å². The number of benzene rings is 1. The van der Waals surface area contributed by atoms with E-state index in [9.17, 15) is 14.3 Å². The molecule has 4 nitrogen and oxygen atoms in total. The molecule has 0 fully saturated rings. The van der Waals surface area contributed by atoms with Gasteiger partial charge >= 0.3 is 5.97 Å². The molecule has 19 heavy (non-hydrogen) atoms. The molecule has 0 spiro atoms. The van der Waals surface area contributed by atoms with Crippen LogP contribution in [-0.2, 0) is 16.0 Å². The Bertz CT molecular complexity index is 464. The molecule has 0 bridgehead atoms. The molecule has 0 amide bonds. The van der Waals surface area contributed by atoms with Crippen molar-refractivity contribution in [3.05, 3.63) is 29.6 Å². The molecule has 1 aliphatic heterocycles. The lowest BCUT2D eigenvalue weighted by atomic mass is 10.1. The quantitative estimate of drug-likeness (QED) is 0.821. The Morgan fingerprint density at radius 2 is 2.37 bits per heavy atom. The third-order valence-corrected chi connectivity index (χ3v) is 3.18. The van der Waals surface area contributed by atoms with Crippen molar-refractivity contribution >= 4 is 11.7 Å². The van der Waals surface area contributed by atoms with Crippen LogP contribution in [0, 0.1) is 5.82 Å². The van der Waals surface area contributed by atoms with Gasteiger partial charge in [0.15, 0.2) is 0 Å². The number of aliphatic hydroxyl groups excluding tert-OH is 1. The number of anilines is 1. The van der Waals surface area contributed by atoms with Crippen molar-refractivity contribution in [3.8, 4) is 0 Å². The maximum absolute atomic E-state index is 13.2. The molecule has 1 unspecified atom stereocenters. The molecule has 0 radical (unpaired) electrons. The third kappa shape index (κ3) is 3.44. The molecular formula is C14H18FNO3. The molecule has 2 rings (SSSR count). The van der Waals surface area contributed by atoms with Gasteiger partial charge in [-0.25, -0.2) is 4.39 Å². The number of halogens is 1. The van der Waals surface area contributed by atoms with Crippen LogP contribution in [0.3, 0.4) is 0 Å². The van der Waals surface area contributed by atoms with E-state index in [1.165, 1.54) is 12.1 Å². The van der Waals surface area contributed by atoms with Crippen LogP contribution in [0.2, 0.25) is 0 Å². The number of ether oxygens (including phenoxy) is 1. The van der Waals surface area contributed by atoms with Gasteiger partial charge in [0.1, 0.15) is 5.82 Å². The summed E-state index contributed by atoms with van der Waals surface area (Å²) in [5.74, 6) is -0.695. The number of nitrogens with zero attached hydrogens (tertiary/aromatic N) is 1. The monoisotopic (exact) mass is 267 g/mol. The van der Waals surface area contributed by atoms with E-state index < -0.39 is 12.1 Å². The SMILES string of the molecule is CCOC(=O)CC(O)CN1CCc2ccc(F)cc21. The number of β-amino-alcohol motifs (C(OH)–C–C–N with tert-alkyl or cyclic N) is 1. The molecule has 0 saturated carbocycles. The van der Waals surface area contributed by atoms with Crippen molar-refractivity contribution < 1.29 is 19.0 Å². The van der Waals surface area contributed by atoms with Gasteiger partial charge in [0.2, 0.25) is 0 Å². The van der Waals surface area contributed by atoms with E-state index in [2.05, 4.69) is 0 Å². The summed E-state index contributed by atoms with van der Waals surface area (Å²) in [5, 5.41) is 9.87. The molecule has 5 heteroatoms. The average molecular weight is 267 g/mol. The number of carbonyl (C=O) groups excluding carboxylic acids is 1.